The number of hydrogen-bond donors (Lipinski definition) is 1. The van der Waals surface area contributed by atoms with Crippen LogP contribution < -0.4 is 5.73 Å². The van der Waals surface area contributed by atoms with Gasteiger partial charge in [-0.1, -0.05) is 6.92 Å². The van der Waals surface area contributed by atoms with Crippen molar-refractivity contribution in [1.82, 2.24) is 19.7 Å². The third-order valence-electron chi connectivity index (χ3n) is 3.53. The smallest absolute Gasteiger partial charge is 0.191 e. The lowest BCUT2D eigenvalue weighted by Gasteiger charge is -2.30. The Kier molecular flexibility index (Phi) is 6.53. The Morgan fingerprint density at radius 2 is 2.16 bits per heavy atom. The Labute approximate surface area is 131 Å². The lowest BCUT2D eigenvalue weighted by Crippen LogP contribution is -2.42. The number of aryl methyl sites for hydroxylation is 1. The summed E-state index contributed by atoms with van der Waals surface area (Å²) < 4.78 is 1.98. The molecule has 0 aromatic carbocycles. The van der Waals surface area contributed by atoms with Gasteiger partial charge in [0.1, 0.15) is 12.9 Å². The van der Waals surface area contributed by atoms with Crippen LogP contribution in [0.15, 0.2) is 11.3 Å². The molecule has 2 rings (SSSR count). The van der Waals surface area contributed by atoms with Gasteiger partial charge >= 0.3 is 0 Å². The van der Waals surface area contributed by atoms with Gasteiger partial charge in [0.15, 0.2) is 11.8 Å². The molecule has 1 aromatic rings. The van der Waals surface area contributed by atoms with Crippen molar-refractivity contribution in [2.45, 2.75) is 39.8 Å². The molecule has 1 fully saturated rings. The van der Waals surface area contributed by atoms with E-state index in [9.17, 15) is 0 Å². The van der Waals surface area contributed by atoms with Crippen molar-refractivity contribution in [3.63, 3.8) is 0 Å². The first kappa shape index (κ1) is 16.2. The van der Waals surface area contributed by atoms with E-state index < -0.39 is 0 Å². The van der Waals surface area contributed by atoms with E-state index in [4.69, 9.17) is 5.73 Å². The van der Waals surface area contributed by atoms with Crippen LogP contribution in [0.4, 0.5) is 0 Å². The van der Waals surface area contributed by atoms with Gasteiger partial charge in [-0.25, -0.2) is 4.99 Å². The first-order chi connectivity index (χ1) is 8.70. The maximum atomic E-state index is 6.02. The van der Waals surface area contributed by atoms with Crippen LogP contribution in [0.1, 0.15) is 32.5 Å². The minimum Gasteiger partial charge on any atom is -0.370 e. The van der Waals surface area contributed by atoms with E-state index in [1.807, 2.05) is 4.57 Å². The van der Waals surface area contributed by atoms with E-state index >= 15 is 0 Å². The number of nitrogens with zero attached hydrogens (tertiary/aromatic N) is 5. The molecule has 7 heteroatoms. The Bertz CT molecular complexity index is 408. The van der Waals surface area contributed by atoms with E-state index in [0.717, 1.165) is 31.4 Å². The van der Waals surface area contributed by atoms with E-state index in [-0.39, 0.29) is 24.0 Å². The highest BCUT2D eigenvalue weighted by Crippen LogP contribution is 2.15. The lowest BCUT2D eigenvalue weighted by molar-refractivity contribution is 0.277. The molecule has 1 aliphatic rings. The average Bonchev–Trinajstić information content (AvgIpc) is 2.84. The van der Waals surface area contributed by atoms with E-state index in [2.05, 4.69) is 33.9 Å². The molecule has 0 aliphatic carbocycles. The van der Waals surface area contributed by atoms with Crippen LogP contribution in [-0.4, -0.2) is 38.7 Å². The van der Waals surface area contributed by atoms with Gasteiger partial charge in [-0.05, 0) is 25.7 Å². The molecule has 1 saturated heterocycles. The Balaban J connectivity index is 0.00000180. The minimum atomic E-state index is 0. The van der Waals surface area contributed by atoms with E-state index in [0.29, 0.717) is 12.5 Å². The van der Waals surface area contributed by atoms with Gasteiger partial charge in [-0.15, -0.1) is 34.2 Å². The molecule has 0 amide bonds. The summed E-state index contributed by atoms with van der Waals surface area (Å²) in [6.07, 6.45) is 4.12. The minimum absolute atomic E-state index is 0. The average molecular weight is 378 g/mol. The van der Waals surface area contributed by atoms with Crippen molar-refractivity contribution in [2.24, 2.45) is 16.6 Å². The third-order valence-corrected chi connectivity index (χ3v) is 3.53. The predicted molar refractivity (Wildman–Crippen MR) is 86.4 cm³/mol. The summed E-state index contributed by atoms with van der Waals surface area (Å²) in [5, 5.41) is 7.93. The first-order valence-corrected chi connectivity index (χ1v) is 6.62. The summed E-state index contributed by atoms with van der Waals surface area (Å²) in [5.74, 6) is 2.30. The molecule has 0 bridgehead atoms. The Morgan fingerprint density at radius 3 is 2.79 bits per heavy atom. The molecular formula is C12H23IN6. The lowest BCUT2D eigenvalue weighted by atomic mass is 10.00. The van der Waals surface area contributed by atoms with Crippen molar-refractivity contribution in [2.75, 3.05) is 13.1 Å². The van der Waals surface area contributed by atoms with Gasteiger partial charge in [0.25, 0.3) is 0 Å². The highest BCUT2D eigenvalue weighted by molar-refractivity contribution is 14.0. The molecule has 0 atom stereocenters. The standard InChI is InChI=1S/C12H22N6.HI/c1-3-17-9-15-16-11(17)8-14-12(13)18-6-4-10(2)5-7-18;/h9-10H,3-8H2,1-2H3,(H2,13,14);1H. The largest absolute Gasteiger partial charge is 0.370 e. The van der Waals surface area contributed by atoms with Crippen molar-refractivity contribution in [3.05, 3.63) is 12.2 Å². The zero-order chi connectivity index (χ0) is 13.0. The van der Waals surface area contributed by atoms with Crippen molar-refractivity contribution < 1.29 is 0 Å². The van der Waals surface area contributed by atoms with Gasteiger partial charge in [0, 0.05) is 19.6 Å². The molecule has 108 valence electrons. The zero-order valence-corrected chi connectivity index (χ0v) is 13.9. The maximum absolute atomic E-state index is 6.02. The highest BCUT2D eigenvalue weighted by atomic mass is 127. The number of nitrogens with two attached hydrogens (primary N) is 1. The Morgan fingerprint density at radius 1 is 1.47 bits per heavy atom. The second-order valence-electron chi connectivity index (χ2n) is 4.88. The summed E-state index contributed by atoms with van der Waals surface area (Å²) in [6.45, 7) is 7.74. The number of aromatic nitrogens is 3. The number of aliphatic imine (C=N–C) groups is 1. The number of piperidine rings is 1. The van der Waals surface area contributed by atoms with Crippen molar-refractivity contribution in [3.8, 4) is 0 Å². The molecule has 6 nitrogen and oxygen atoms in total. The monoisotopic (exact) mass is 378 g/mol. The second-order valence-corrected chi connectivity index (χ2v) is 4.88. The first-order valence-electron chi connectivity index (χ1n) is 6.62. The van der Waals surface area contributed by atoms with Crippen LogP contribution >= 0.6 is 24.0 Å². The third kappa shape index (κ3) is 4.32. The molecule has 0 saturated carbocycles. The fourth-order valence-corrected chi connectivity index (χ4v) is 2.15. The fraction of sp³-hybridized carbons (Fsp3) is 0.750. The van der Waals surface area contributed by atoms with Gasteiger partial charge in [0.2, 0.25) is 0 Å². The van der Waals surface area contributed by atoms with Gasteiger partial charge in [-0.3, -0.25) is 0 Å². The molecule has 0 unspecified atom stereocenters. The Hall–Kier alpha value is -0.860. The molecule has 19 heavy (non-hydrogen) atoms. The van der Waals surface area contributed by atoms with E-state index in [1.165, 1.54) is 12.8 Å². The van der Waals surface area contributed by atoms with Gasteiger partial charge in [0.05, 0.1) is 0 Å². The summed E-state index contributed by atoms with van der Waals surface area (Å²) in [5.41, 5.74) is 6.02. The second kappa shape index (κ2) is 7.66. The molecule has 1 aliphatic heterocycles. The van der Waals surface area contributed by atoms with E-state index in [1.54, 1.807) is 6.33 Å². The zero-order valence-electron chi connectivity index (χ0n) is 11.6. The number of hydrogen-bond acceptors (Lipinski definition) is 3. The van der Waals surface area contributed by atoms with Crippen molar-refractivity contribution >= 4 is 29.9 Å². The van der Waals surface area contributed by atoms with Gasteiger partial charge < -0.3 is 15.2 Å². The van der Waals surface area contributed by atoms with Crippen LogP contribution in [0.25, 0.3) is 0 Å². The van der Waals surface area contributed by atoms with Crippen LogP contribution in [0, 0.1) is 5.92 Å². The van der Waals surface area contributed by atoms with Crippen LogP contribution in [0.5, 0.6) is 0 Å². The van der Waals surface area contributed by atoms with Crippen LogP contribution in [-0.2, 0) is 13.1 Å². The molecule has 2 N–H and O–H groups in total. The summed E-state index contributed by atoms with van der Waals surface area (Å²) >= 11 is 0. The number of halogens is 1. The number of rotatable bonds is 3. The number of guanidine groups is 1. The summed E-state index contributed by atoms with van der Waals surface area (Å²) in [7, 11) is 0. The molecule has 0 spiro atoms. The molecule has 0 radical (unpaired) electrons. The molecule has 2 heterocycles. The van der Waals surface area contributed by atoms with Gasteiger partial charge in [-0.2, -0.15) is 0 Å². The highest BCUT2D eigenvalue weighted by Gasteiger charge is 2.17. The molecular weight excluding hydrogens is 355 g/mol. The summed E-state index contributed by atoms with van der Waals surface area (Å²) in [6, 6.07) is 0. The number of likely N-dealkylation sites (tertiary alicyclic amines) is 1. The maximum Gasteiger partial charge on any atom is 0.191 e. The quantitative estimate of drug-likeness (QED) is 0.491. The van der Waals surface area contributed by atoms with Crippen molar-refractivity contribution in [1.29, 1.82) is 0 Å². The van der Waals surface area contributed by atoms with Crippen LogP contribution in [0.3, 0.4) is 0 Å². The topological polar surface area (TPSA) is 72.3 Å². The normalized spacial score (nSPS) is 17.4. The van der Waals surface area contributed by atoms with Crippen LogP contribution in [0.2, 0.25) is 0 Å². The fourth-order valence-electron chi connectivity index (χ4n) is 2.15. The predicted octanol–water partition coefficient (Wildman–Crippen LogP) is 1.46. The molecule has 1 aromatic heterocycles. The summed E-state index contributed by atoms with van der Waals surface area (Å²) in [4.78, 5) is 6.58. The SMILES string of the molecule is CCn1cnnc1CN=C(N)N1CCC(C)CC1.I.